The molecule has 2 aromatic rings. The monoisotopic (exact) mass is 355 g/mol. The molecule has 1 N–H and O–H groups in total. The average molecular weight is 356 g/mol. The smallest absolute Gasteiger partial charge is 0.249 e. The summed E-state index contributed by atoms with van der Waals surface area (Å²) in [6.07, 6.45) is 5.11. The van der Waals surface area contributed by atoms with E-state index in [9.17, 15) is 4.79 Å². The van der Waals surface area contributed by atoms with Crippen LogP contribution in [0.15, 0.2) is 23.1 Å². The summed E-state index contributed by atoms with van der Waals surface area (Å²) in [7, 11) is 0. The zero-order valence-corrected chi connectivity index (χ0v) is 13.8. The summed E-state index contributed by atoms with van der Waals surface area (Å²) in [5.74, 6) is -0.152. The SMILES string of the molecule is CCOCn1cc(NC(=O)C(C)n2cc(Br)c(C)n2)cn1. The average Bonchev–Trinajstić information content (AvgIpc) is 3.03. The number of nitrogens with one attached hydrogen (secondary N) is 1. The molecule has 1 amide bonds. The molecule has 8 heteroatoms. The van der Waals surface area contributed by atoms with E-state index < -0.39 is 6.04 Å². The molecule has 2 rings (SSSR count). The Morgan fingerprint density at radius 1 is 1.52 bits per heavy atom. The molecule has 0 aliphatic heterocycles. The number of anilines is 1. The van der Waals surface area contributed by atoms with E-state index in [1.165, 1.54) is 0 Å². The Labute approximate surface area is 131 Å². The first-order chi connectivity index (χ1) is 10.0. The zero-order valence-electron chi connectivity index (χ0n) is 12.2. The third kappa shape index (κ3) is 3.92. The number of amides is 1. The fourth-order valence-electron chi connectivity index (χ4n) is 1.71. The van der Waals surface area contributed by atoms with Gasteiger partial charge < -0.3 is 10.1 Å². The maximum Gasteiger partial charge on any atom is 0.249 e. The Morgan fingerprint density at radius 3 is 2.90 bits per heavy atom. The number of rotatable bonds is 6. The Hall–Kier alpha value is -1.67. The predicted octanol–water partition coefficient (Wildman–Crippen LogP) is 2.34. The fourth-order valence-corrected chi connectivity index (χ4v) is 2.00. The maximum absolute atomic E-state index is 12.2. The van der Waals surface area contributed by atoms with Crippen molar-refractivity contribution in [1.29, 1.82) is 0 Å². The molecule has 0 aliphatic rings. The quantitative estimate of drug-likeness (QED) is 0.862. The van der Waals surface area contributed by atoms with Gasteiger partial charge in [-0.2, -0.15) is 10.2 Å². The largest absolute Gasteiger partial charge is 0.360 e. The van der Waals surface area contributed by atoms with Gasteiger partial charge in [-0.1, -0.05) is 0 Å². The Bertz CT molecular complexity index is 602. The molecule has 114 valence electrons. The third-order valence-corrected chi connectivity index (χ3v) is 3.74. The van der Waals surface area contributed by atoms with E-state index in [0.29, 0.717) is 19.0 Å². The van der Waals surface area contributed by atoms with E-state index in [1.54, 1.807) is 34.9 Å². The zero-order chi connectivity index (χ0) is 15.4. The van der Waals surface area contributed by atoms with Crippen LogP contribution in [-0.4, -0.2) is 32.1 Å². The summed E-state index contributed by atoms with van der Waals surface area (Å²) >= 11 is 3.39. The summed E-state index contributed by atoms with van der Waals surface area (Å²) < 4.78 is 9.37. The van der Waals surface area contributed by atoms with Gasteiger partial charge in [0.1, 0.15) is 12.8 Å². The van der Waals surface area contributed by atoms with Crippen LogP contribution >= 0.6 is 15.9 Å². The molecule has 0 aromatic carbocycles. The number of aromatic nitrogens is 4. The van der Waals surface area contributed by atoms with Crippen LogP contribution in [-0.2, 0) is 16.3 Å². The molecule has 0 saturated heterocycles. The van der Waals surface area contributed by atoms with Crippen LogP contribution in [0, 0.1) is 6.92 Å². The highest BCUT2D eigenvalue weighted by atomic mass is 79.9. The molecular weight excluding hydrogens is 338 g/mol. The molecule has 0 radical (unpaired) electrons. The van der Waals surface area contributed by atoms with Crippen molar-refractivity contribution in [2.45, 2.75) is 33.5 Å². The lowest BCUT2D eigenvalue weighted by atomic mass is 10.3. The molecule has 1 atom stereocenters. The Balaban J connectivity index is 1.98. The lowest BCUT2D eigenvalue weighted by Gasteiger charge is -2.11. The molecule has 21 heavy (non-hydrogen) atoms. The summed E-state index contributed by atoms with van der Waals surface area (Å²) in [4.78, 5) is 12.2. The van der Waals surface area contributed by atoms with Crippen LogP contribution < -0.4 is 5.32 Å². The lowest BCUT2D eigenvalue weighted by molar-refractivity contribution is -0.119. The highest BCUT2D eigenvalue weighted by Crippen LogP contribution is 2.17. The van der Waals surface area contributed by atoms with Crippen molar-refractivity contribution in [3.8, 4) is 0 Å². The minimum absolute atomic E-state index is 0.152. The molecule has 0 bridgehead atoms. The number of carbonyl (C=O) groups is 1. The standard InChI is InChI=1S/C13H18BrN5O2/c1-4-21-8-18-6-11(5-15-18)16-13(20)10(3)19-7-12(14)9(2)17-19/h5-7,10H,4,8H2,1-3H3,(H,16,20). The van der Waals surface area contributed by atoms with Gasteiger partial charge in [0, 0.05) is 12.8 Å². The number of halogens is 1. The number of carbonyl (C=O) groups excluding carboxylic acids is 1. The van der Waals surface area contributed by atoms with Crippen LogP contribution in [0.25, 0.3) is 0 Å². The first-order valence-corrected chi connectivity index (χ1v) is 7.43. The molecule has 7 nitrogen and oxygen atoms in total. The summed E-state index contributed by atoms with van der Waals surface area (Å²) in [6, 6.07) is -0.412. The van der Waals surface area contributed by atoms with Gasteiger partial charge in [0.2, 0.25) is 5.91 Å². The predicted molar refractivity (Wildman–Crippen MR) is 81.9 cm³/mol. The molecular formula is C13H18BrN5O2. The van der Waals surface area contributed by atoms with E-state index in [0.717, 1.165) is 10.2 Å². The van der Waals surface area contributed by atoms with Crippen molar-refractivity contribution in [3.05, 3.63) is 28.8 Å². The van der Waals surface area contributed by atoms with Gasteiger partial charge in [0.05, 0.1) is 28.2 Å². The van der Waals surface area contributed by atoms with Crippen molar-refractivity contribution < 1.29 is 9.53 Å². The first kappa shape index (κ1) is 15.7. The molecule has 0 aliphatic carbocycles. The minimum atomic E-state index is -0.412. The highest BCUT2D eigenvalue weighted by Gasteiger charge is 2.17. The van der Waals surface area contributed by atoms with E-state index in [-0.39, 0.29) is 5.91 Å². The molecule has 0 spiro atoms. The van der Waals surface area contributed by atoms with Crippen molar-refractivity contribution in [1.82, 2.24) is 19.6 Å². The van der Waals surface area contributed by atoms with E-state index in [1.807, 2.05) is 13.8 Å². The van der Waals surface area contributed by atoms with Gasteiger partial charge in [-0.25, -0.2) is 4.68 Å². The van der Waals surface area contributed by atoms with Crippen molar-refractivity contribution in [2.24, 2.45) is 0 Å². The number of hydrogen-bond acceptors (Lipinski definition) is 4. The van der Waals surface area contributed by atoms with Crippen molar-refractivity contribution >= 4 is 27.5 Å². The van der Waals surface area contributed by atoms with E-state index >= 15 is 0 Å². The highest BCUT2D eigenvalue weighted by molar-refractivity contribution is 9.10. The summed E-state index contributed by atoms with van der Waals surface area (Å²) in [6.45, 7) is 6.57. The van der Waals surface area contributed by atoms with Gasteiger partial charge in [-0.05, 0) is 36.7 Å². The minimum Gasteiger partial charge on any atom is -0.360 e. The molecule has 1 unspecified atom stereocenters. The number of ether oxygens (including phenoxy) is 1. The fraction of sp³-hybridized carbons (Fsp3) is 0.462. The van der Waals surface area contributed by atoms with Crippen LogP contribution in [0.1, 0.15) is 25.6 Å². The first-order valence-electron chi connectivity index (χ1n) is 6.63. The normalized spacial score (nSPS) is 12.4. The molecule has 0 saturated carbocycles. The van der Waals surface area contributed by atoms with E-state index in [4.69, 9.17) is 4.74 Å². The van der Waals surface area contributed by atoms with Crippen LogP contribution in [0.2, 0.25) is 0 Å². The Morgan fingerprint density at radius 2 is 2.29 bits per heavy atom. The van der Waals surface area contributed by atoms with Crippen LogP contribution in [0.3, 0.4) is 0 Å². The van der Waals surface area contributed by atoms with Gasteiger partial charge in [0.25, 0.3) is 0 Å². The Kier molecular flexibility index (Phi) is 5.13. The van der Waals surface area contributed by atoms with Gasteiger partial charge in [0.15, 0.2) is 0 Å². The van der Waals surface area contributed by atoms with Crippen LogP contribution in [0.4, 0.5) is 5.69 Å². The molecule has 2 aromatic heterocycles. The summed E-state index contributed by atoms with van der Waals surface area (Å²) in [5, 5.41) is 11.2. The maximum atomic E-state index is 12.2. The molecule has 2 heterocycles. The van der Waals surface area contributed by atoms with E-state index in [2.05, 4.69) is 31.4 Å². The molecule has 0 fully saturated rings. The topological polar surface area (TPSA) is 74.0 Å². The lowest BCUT2D eigenvalue weighted by Crippen LogP contribution is -2.24. The second-order valence-corrected chi connectivity index (χ2v) is 5.45. The van der Waals surface area contributed by atoms with Gasteiger partial charge in [-0.3, -0.25) is 9.48 Å². The van der Waals surface area contributed by atoms with Crippen LogP contribution in [0.5, 0.6) is 0 Å². The van der Waals surface area contributed by atoms with Gasteiger partial charge >= 0.3 is 0 Å². The van der Waals surface area contributed by atoms with Crippen molar-refractivity contribution in [3.63, 3.8) is 0 Å². The summed E-state index contributed by atoms with van der Waals surface area (Å²) in [5.41, 5.74) is 1.48. The number of hydrogen-bond donors (Lipinski definition) is 1. The van der Waals surface area contributed by atoms with Gasteiger partial charge in [-0.15, -0.1) is 0 Å². The number of nitrogens with zero attached hydrogens (tertiary/aromatic N) is 4. The number of aryl methyl sites for hydroxylation is 1. The second kappa shape index (κ2) is 6.86. The van der Waals surface area contributed by atoms with Crippen molar-refractivity contribution in [2.75, 3.05) is 11.9 Å². The third-order valence-electron chi connectivity index (χ3n) is 2.96. The second-order valence-electron chi connectivity index (χ2n) is 4.60.